The monoisotopic (exact) mass is 303 g/mol. The average molecular weight is 304 g/mol. The third-order valence-corrected chi connectivity index (χ3v) is 3.74. The van der Waals surface area contributed by atoms with Gasteiger partial charge in [0.1, 0.15) is 10.8 Å². The molecule has 0 atom stereocenters. The standard InChI is InChI=1S/C13H12ClF2NO3/c14-10-9(15)2-1-8(11(10)16)12(18)17-5-3-7(4-6-17)13(19)20/h1-2,7H,3-6H2,(H,19,20). The Kier molecular flexibility index (Phi) is 4.23. The van der Waals surface area contributed by atoms with E-state index in [0.29, 0.717) is 12.8 Å². The summed E-state index contributed by atoms with van der Waals surface area (Å²) in [6.07, 6.45) is 0.634. The second-order valence-corrected chi connectivity index (χ2v) is 5.01. The molecule has 0 radical (unpaired) electrons. The van der Waals surface area contributed by atoms with Crippen molar-refractivity contribution in [2.75, 3.05) is 13.1 Å². The topological polar surface area (TPSA) is 57.6 Å². The van der Waals surface area contributed by atoms with Crippen LogP contribution in [0.3, 0.4) is 0 Å². The smallest absolute Gasteiger partial charge is 0.306 e. The molecule has 1 aliphatic rings. The van der Waals surface area contributed by atoms with Crippen molar-refractivity contribution in [3.63, 3.8) is 0 Å². The Balaban J connectivity index is 2.14. The fourth-order valence-electron chi connectivity index (χ4n) is 2.19. The first-order chi connectivity index (χ1) is 9.41. The highest BCUT2D eigenvalue weighted by Gasteiger charge is 2.29. The van der Waals surface area contributed by atoms with Gasteiger partial charge in [-0.25, -0.2) is 8.78 Å². The Morgan fingerprint density at radius 3 is 2.40 bits per heavy atom. The summed E-state index contributed by atoms with van der Waals surface area (Å²) < 4.78 is 26.8. The maximum Gasteiger partial charge on any atom is 0.306 e. The van der Waals surface area contributed by atoms with Crippen molar-refractivity contribution in [3.8, 4) is 0 Å². The summed E-state index contributed by atoms with van der Waals surface area (Å²) in [5.74, 6) is -4.00. The largest absolute Gasteiger partial charge is 0.481 e. The van der Waals surface area contributed by atoms with E-state index >= 15 is 0 Å². The van der Waals surface area contributed by atoms with Gasteiger partial charge in [0.05, 0.1) is 11.5 Å². The zero-order valence-electron chi connectivity index (χ0n) is 10.4. The number of piperidine rings is 1. The summed E-state index contributed by atoms with van der Waals surface area (Å²) in [5, 5.41) is 8.16. The van der Waals surface area contributed by atoms with Crippen LogP contribution in [0.4, 0.5) is 8.78 Å². The molecule has 1 heterocycles. The molecule has 1 aromatic rings. The van der Waals surface area contributed by atoms with Crippen molar-refractivity contribution < 1.29 is 23.5 Å². The summed E-state index contributed by atoms with van der Waals surface area (Å²) in [7, 11) is 0. The first-order valence-electron chi connectivity index (χ1n) is 6.07. The maximum absolute atomic E-state index is 13.8. The van der Waals surface area contributed by atoms with E-state index in [1.54, 1.807) is 0 Å². The molecule has 0 spiro atoms. The second kappa shape index (κ2) is 5.75. The lowest BCUT2D eigenvalue weighted by atomic mass is 9.96. The molecule has 7 heteroatoms. The number of carboxylic acids is 1. The van der Waals surface area contributed by atoms with Crippen molar-refractivity contribution in [2.45, 2.75) is 12.8 Å². The van der Waals surface area contributed by atoms with Crippen molar-refractivity contribution >= 4 is 23.5 Å². The van der Waals surface area contributed by atoms with Gasteiger partial charge in [-0.15, -0.1) is 0 Å². The Bertz CT molecular complexity index is 557. The summed E-state index contributed by atoms with van der Waals surface area (Å²) in [6.45, 7) is 0.453. The minimum Gasteiger partial charge on any atom is -0.481 e. The van der Waals surface area contributed by atoms with Gasteiger partial charge in [-0.1, -0.05) is 11.6 Å². The molecular weight excluding hydrogens is 292 g/mol. The number of nitrogens with zero attached hydrogens (tertiary/aromatic N) is 1. The molecule has 1 amide bonds. The second-order valence-electron chi connectivity index (χ2n) is 4.63. The molecule has 1 saturated heterocycles. The van der Waals surface area contributed by atoms with Gasteiger partial charge < -0.3 is 10.0 Å². The number of hydrogen-bond donors (Lipinski definition) is 1. The number of aliphatic carboxylic acids is 1. The Morgan fingerprint density at radius 2 is 1.85 bits per heavy atom. The number of hydrogen-bond acceptors (Lipinski definition) is 2. The summed E-state index contributed by atoms with van der Waals surface area (Å²) >= 11 is 5.43. The van der Waals surface area contributed by atoms with E-state index in [2.05, 4.69) is 0 Å². The number of benzene rings is 1. The van der Waals surface area contributed by atoms with Gasteiger partial charge in [0.15, 0.2) is 5.82 Å². The number of carbonyl (C=O) groups excluding carboxylic acids is 1. The van der Waals surface area contributed by atoms with Gasteiger partial charge in [-0.2, -0.15) is 0 Å². The molecule has 108 valence electrons. The maximum atomic E-state index is 13.8. The molecule has 0 saturated carbocycles. The number of amides is 1. The number of halogens is 3. The van der Waals surface area contributed by atoms with Crippen LogP contribution in [0.25, 0.3) is 0 Å². The van der Waals surface area contributed by atoms with Crippen LogP contribution in [0, 0.1) is 17.6 Å². The van der Waals surface area contributed by atoms with Gasteiger partial charge in [0, 0.05) is 13.1 Å². The fourth-order valence-corrected chi connectivity index (χ4v) is 2.36. The molecule has 4 nitrogen and oxygen atoms in total. The third-order valence-electron chi connectivity index (χ3n) is 3.40. The van der Waals surface area contributed by atoms with Crippen LogP contribution in [-0.4, -0.2) is 35.0 Å². The number of carboxylic acid groups (broad SMARTS) is 1. The van der Waals surface area contributed by atoms with Crippen molar-refractivity contribution in [2.24, 2.45) is 5.92 Å². The molecule has 20 heavy (non-hydrogen) atoms. The number of rotatable bonds is 2. The van der Waals surface area contributed by atoms with E-state index < -0.39 is 34.5 Å². The predicted octanol–water partition coefficient (Wildman–Crippen LogP) is 2.56. The molecule has 0 aromatic heterocycles. The zero-order valence-corrected chi connectivity index (χ0v) is 11.2. The summed E-state index contributed by atoms with van der Waals surface area (Å²) in [6, 6.07) is 1.98. The van der Waals surface area contributed by atoms with Crippen LogP contribution in [0.2, 0.25) is 5.02 Å². The van der Waals surface area contributed by atoms with Crippen molar-refractivity contribution in [1.29, 1.82) is 0 Å². The van der Waals surface area contributed by atoms with E-state index in [9.17, 15) is 18.4 Å². The minimum absolute atomic E-state index is 0.226. The van der Waals surface area contributed by atoms with E-state index in [1.165, 1.54) is 4.90 Å². The van der Waals surface area contributed by atoms with Crippen molar-refractivity contribution in [1.82, 2.24) is 4.90 Å². The van der Waals surface area contributed by atoms with Gasteiger partial charge in [0.2, 0.25) is 0 Å². The molecule has 1 N–H and O–H groups in total. The fraction of sp³-hybridized carbons (Fsp3) is 0.385. The van der Waals surface area contributed by atoms with Crippen LogP contribution in [-0.2, 0) is 4.79 Å². The lowest BCUT2D eigenvalue weighted by Gasteiger charge is -2.30. The van der Waals surface area contributed by atoms with Gasteiger partial charge >= 0.3 is 5.97 Å². The first-order valence-corrected chi connectivity index (χ1v) is 6.45. The number of likely N-dealkylation sites (tertiary alicyclic amines) is 1. The molecule has 1 fully saturated rings. The Hall–Kier alpha value is -1.69. The third kappa shape index (κ3) is 2.75. The van der Waals surface area contributed by atoms with E-state index in [-0.39, 0.29) is 18.7 Å². The Morgan fingerprint density at radius 1 is 1.25 bits per heavy atom. The molecular formula is C13H12ClF2NO3. The van der Waals surface area contributed by atoms with Crippen LogP contribution < -0.4 is 0 Å². The number of carbonyl (C=O) groups is 2. The highest BCUT2D eigenvalue weighted by Crippen LogP contribution is 2.25. The highest BCUT2D eigenvalue weighted by atomic mass is 35.5. The molecule has 0 unspecified atom stereocenters. The highest BCUT2D eigenvalue weighted by molar-refractivity contribution is 6.31. The van der Waals surface area contributed by atoms with Crippen LogP contribution in [0.1, 0.15) is 23.2 Å². The van der Waals surface area contributed by atoms with Crippen LogP contribution in [0.15, 0.2) is 12.1 Å². The van der Waals surface area contributed by atoms with Crippen LogP contribution in [0.5, 0.6) is 0 Å². The Labute approximate surface area is 118 Å². The molecule has 1 aliphatic heterocycles. The summed E-state index contributed by atoms with van der Waals surface area (Å²) in [5.41, 5.74) is -0.301. The summed E-state index contributed by atoms with van der Waals surface area (Å²) in [4.78, 5) is 24.3. The quantitative estimate of drug-likeness (QED) is 0.854. The van der Waals surface area contributed by atoms with Gasteiger partial charge in [0.25, 0.3) is 5.91 Å². The molecule has 2 rings (SSSR count). The van der Waals surface area contributed by atoms with Crippen LogP contribution >= 0.6 is 11.6 Å². The van der Waals surface area contributed by atoms with E-state index in [1.807, 2.05) is 0 Å². The first kappa shape index (κ1) is 14.7. The predicted molar refractivity (Wildman–Crippen MR) is 67.6 cm³/mol. The lowest BCUT2D eigenvalue weighted by Crippen LogP contribution is -2.40. The molecule has 0 bridgehead atoms. The molecule has 0 aliphatic carbocycles. The average Bonchev–Trinajstić information content (AvgIpc) is 2.44. The minimum atomic E-state index is -1.09. The van der Waals surface area contributed by atoms with E-state index in [4.69, 9.17) is 16.7 Å². The van der Waals surface area contributed by atoms with Gasteiger partial charge in [-0.3, -0.25) is 9.59 Å². The van der Waals surface area contributed by atoms with Gasteiger partial charge in [-0.05, 0) is 25.0 Å². The zero-order chi connectivity index (χ0) is 14.9. The molecule has 1 aromatic carbocycles. The normalized spacial score (nSPS) is 16.2. The lowest BCUT2D eigenvalue weighted by molar-refractivity contribution is -0.143. The SMILES string of the molecule is O=C(O)C1CCN(C(=O)c2ccc(F)c(Cl)c2F)CC1. The van der Waals surface area contributed by atoms with Crippen molar-refractivity contribution in [3.05, 3.63) is 34.4 Å². The van der Waals surface area contributed by atoms with E-state index in [0.717, 1.165) is 12.1 Å².